The molecule has 1 saturated heterocycles. The third kappa shape index (κ3) is 3.29. The molecule has 2 atom stereocenters. The van der Waals surface area contributed by atoms with Crippen molar-refractivity contribution in [2.45, 2.75) is 64.8 Å². The zero-order chi connectivity index (χ0) is 13.0. The van der Waals surface area contributed by atoms with Crippen molar-refractivity contribution in [3.05, 3.63) is 11.9 Å². The molecule has 0 aliphatic carbocycles. The van der Waals surface area contributed by atoms with E-state index in [1.807, 2.05) is 10.9 Å². The molecule has 1 fully saturated rings. The van der Waals surface area contributed by atoms with Crippen molar-refractivity contribution in [3.8, 4) is 0 Å². The zero-order valence-corrected chi connectivity index (χ0v) is 11.6. The molecule has 0 spiro atoms. The number of nitrogens with zero attached hydrogens (tertiary/aromatic N) is 3. The first kappa shape index (κ1) is 13.5. The standard InChI is InChI=1S/C13H24N4O/c1-4-12(13-6-5-7-18-13)14-8-11-9-17(10(2)3)16-15-11/h9-10,12-14H,4-8H2,1-3H3/t12-,13+/m1/s1. The van der Waals surface area contributed by atoms with Gasteiger partial charge in [0.1, 0.15) is 0 Å². The smallest absolute Gasteiger partial charge is 0.0965 e. The van der Waals surface area contributed by atoms with E-state index in [-0.39, 0.29) is 0 Å². The Kier molecular flexibility index (Phi) is 4.72. The first-order valence-corrected chi connectivity index (χ1v) is 6.96. The number of rotatable bonds is 6. The Morgan fingerprint density at radius 2 is 2.39 bits per heavy atom. The maximum absolute atomic E-state index is 5.73. The second kappa shape index (κ2) is 6.29. The van der Waals surface area contributed by atoms with Crippen LogP contribution in [-0.4, -0.2) is 33.7 Å². The third-order valence-corrected chi connectivity index (χ3v) is 3.49. The van der Waals surface area contributed by atoms with Gasteiger partial charge in [-0.3, -0.25) is 0 Å². The Morgan fingerprint density at radius 1 is 1.56 bits per heavy atom. The molecule has 0 aromatic carbocycles. The Morgan fingerprint density at radius 3 is 2.94 bits per heavy atom. The lowest BCUT2D eigenvalue weighted by Gasteiger charge is -2.22. The van der Waals surface area contributed by atoms with Crippen LogP contribution in [0.2, 0.25) is 0 Å². The number of ether oxygens (including phenoxy) is 1. The highest BCUT2D eigenvalue weighted by Crippen LogP contribution is 2.17. The third-order valence-electron chi connectivity index (χ3n) is 3.49. The fourth-order valence-corrected chi connectivity index (χ4v) is 2.34. The summed E-state index contributed by atoms with van der Waals surface area (Å²) < 4.78 is 7.63. The monoisotopic (exact) mass is 252 g/mol. The van der Waals surface area contributed by atoms with Crippen molar-refractivity contribution in [2.24, 2.45) is 0 Å². The first-order valence-electron chi connectivity index (χ1n) is 6.96. The molecule has 0 radical (unpaired) electrons. The van der Waals surface area contributed by atoms with Crippen molar-refractivity contribution < 1.29 is 4.74 Å². The molecule has 102 valence electrons. The number of hydrogen-bond donors (Lipinski definition) is 1. The minimum Gasteiger partial charge on any atom is -0.377 e. The molecule has 0 bridgehead atoms. The van der Waals surface area contributed by atoms with Crippen molar-refractivity contribution in [3.63, 3.8) is 0 Å². The summed E-state index contributed by atoms with van der Waals surface area (Å²) in [7, 11) is 0. The van der Waals surface area contributed by atoms with Crippen molar-refractivity contribution in [1.82, 2.24) is 20.3 Å². The predicted molar refractivity (Wildman–Crippen MR) is 70.3 cm³/mol. The highest BCUT2D eigenvalue weighted by atomic mass is 16.5. The van der Waals surface area contributed by atoms with Crippen LogP contribution in [0.4, 0.5) is 0 Å². The lowest BCUT2D eigenvalue weighted by molar-refractivity contribution is 0.0763. The van der Waals surface area contributed by atoms with Gasteiger partial charge in [-0.25, -0.2) is 4.68 Å². The molecule has 1 aromatic heterocycles. The second-order valence-electron chi connectivity index (χ2n) is 5.23. The van der Waals surface area contributed by atoms with Crippen LogP contribution in [0.15, 0.2) is 6.20 Å². The van der Waals surface area contributed by atoms with Crippen LogP contribution in [0.3, 0.4) is 0 Å². The second-order valence-corrected chi connectivity index (χ2v) is 5.23. The largest absolute Gasteiger partial charge is 0.377 e. The number of aromatic nitrogens is 3. The Balaban J connectivity index is 1.84. The lowest BCUT2D eigenvalue weighted by Crippen LogP contribution is -2.38. The molecule has 1 N–H and O–H groups in total. The highest BCUT2D eigenvalue weighted by Gasteiger charge is 2.24. The van der Waals surface area contributed by atoms with Gasteiger partial charge >= 0.3 is 0 Å². The minimum atomic E-state index is 0.367. The summed E-state index contributed by atoms with van der Waals surface area (Å²) in [6, 6.07) is 0.795. The molecule has 18 heavy (non-hydrogen) atoms. The van der Waals surface area contributed by atoms with Gasteiger partial charge in [0.15, 0.2) is 0 Å². The Bertz CT molecular complexity index is 358. The van der Waals surface area contributed by atoms with Crippen molar-refractivity contribution in [1.29, 1.82) is 0 Å². The topological polar surface area (TPSA) is 52.0 Å². The van der Waals surface area contributed by atoms with Crippen molar-refractivity contribution >= 4 is 0 Å². The first-order chi connectivity index (χ1) is 8.70. The summed E-state index contributed by atoms with van der Waals surface area (Å²) in [5.41, 5.74) is 1.00. The summed E-state index contributed by atoms with van der Waals surface area (Å²) >= 11 is 0. The van der Waals surface area contributed by atoms with Crippen LogP contribution in [0.1, 0.15) is 51.8 Å². The lowest BCUT2D eigenvalue weighted by atomic mass is 10.1. The van der Waals surface area contributed by atoms with Gasteiger partial charge in [0.2, 0.25) is 0 Å². The van der Waals surface area contributed by atoms with Gasteiger partial charge in [0.05, 0.1) is 18.0 Å². The van der Waals surface area contributed by atoms with E-state index in [0.29, 0.717) is 18.2 Å². The average Bonchev–Trinajstić information content (AvgIpc) is 3.00. The van der Waals surface area contributed by atoms with E-state index in [4.69, 9.17) is 4.74 Å². The van der Waals surface area contributed by atoms with E-state index in [9.17, 15) is 0 Å². The van der Waals surface area contributed by atoms with Gasteiger partial charge in [-0.15, -0.1) is 5.10 Å². The summed E-state index contributed by atoms with van der Waals surface area (Å²) in [6.07, 6.45) is 5.83. The maximum atomic E-state index is 5.73. The number of nitrogens with one attached hydrogen (secondary N) is 1. The van der Waals surface area contributed by atoms with E-state index in [2.05, 4.69) is 36.4 Å². The molecule has 2 rings (SSSR count). The molecule has 0 amide bonds. The summed E-state index contributed by atoms with van der Waals surface area (Å²) in [6.45, 7) is 8.09. The van der Waals surface area contributed by atoms with Crippen LogP contribution in [0.5, 0.6) is 0 Å². The molecular formula is C13H24N4O. The summed E-state index contributed by atoms with van der Waals surface area (Å²) in [4.78, 5) is 0. The molecule has 1 aromatic rings. The van der Waals surface area contributed by atoms with E-state index in [1.54, 1.807) is 0 Å². The summed E-state index contributed by atoms with van der Waals surface area (Å²) in [5, 5.41) is 11.8. The average molecular weight is 252 g/mol. The van der Waals surface area contributed by atoms with E-state index in [1.165, 1.54) is 12.8 Å². The van der Waals surface area contributed by atoms with Gasteiger partial charge < -0.3 is 10.1 Å². The fraction of sp³-hybridized carbons (Fsp3) is 0.846. The fourth-order valence-electron chi connectivity index (χ4n) is 2.34. The number of hydrogen-bond acceptors (Lipinski definition) is 4. The highest BCUT2D eigenvalue weighted by molar-refractivity contribution is 4.94. The van der Waals surface area contributed by atoms with Gasteiger partial charge in [0, 0.05) is 25.2 Å². The van der Waals surface area contributed by atoms with Gasteiger partial charge in [-0.1, -0.05) is 12.1 Å². The van der Waals surface area contributed by atoms with Crippen LogP contribution >= 0.6 is 0 Å². The quantitative estimate of drug-likeness (QED) is 0.840. The predicted octanol–water partition coefficient (Wildman–Crippen LogP) is 1.91. The van der Waals surface area contributed by atoms with Gasteiger partial charge in [-0.05, 0) is 33.1 Å². The maximum Gasteiger partial charge on any atom is 0.0965 e. The Hall–Kier alpha value is -0.940. The van der Waals surface area contributed by atoms with E-state index >= 15 is 0 Å². The van der Waals surface area contributed by atoms with E-state index < -0.39 is 0 Å². The van der Waals surface area contributed by atoms with Gasteiger partial charge in [-0.2, -0.15) is 0 Å². The van der Waals surface area contributed by atoms with E-state index in [0.717, 1.165) is 25.3 Å². The molecule has 0 saturated carbocycles. The SMILES string of the molecule is CC[C@@H](NCc1cn(C(C)C)nn1)[C@@H]1CCCO1. The van der Waals surface area contributed by atoms with Crippen LogP contribution in [-0.2, 0) is 11.3 Å². The normalized spacial score (nSPS) is 21.7. The molecule has 1 aliphatic heterocycles. The molecule has 5 heteroatoms. The molecule has 2 heterocycles. The van der Waals surface area contributed by atoms with Gasteiger partial charge in [0.25, 0.3) is 0 Å². The van der Waals surface area contributed by atoms with Crippen LogP contribution < -0.4 is 5.32 Å². The molecule has 5 nitrogen and oxygen atoms in total. The Labute approximate surface area is 109 Å². The zero-order valence-electron chi connectivity index (χ0n) is 11.6. The van der Waals surface area contributed by atoms with Crippen LogP contribution in [0.25, 0.3) is 0 Å². The van der Waals surface area contributed by atoms with Crippen molar-refractivity contribution in [2.75, 3.05) is 6.61 Å². The molecule has 1 aliphatic rings. The van der Waals surface area contributed by atoms with Crippen LogP contribution in [0, 0.1) is 0 Å². The minimum absolute atomic E-state index is 0.367. The molecule has 0 unspecified atom stereocenters. The molecular weight excluding hydrogens is 228 g/mol. The summed E-state index contributed by atoms with van der Waals surface area (Å²) in [5.74, 6) is 0.